The summed E-state index contributed by atoms with van der Waals surface area (Å²) < 4.78 is 4.45. The summed E-state index contributed by atoms with van der Waals surface area (Å²) in [5.41, 5.74) is 3.51. The zero-order valence-corrected chi connectivity index (χ0v) is 14.7. The summed E-state index contributed by atoms with van der Waals surface area (Å²) in [6.45, 7) is 7.37. The molecule has 0 radical (unpaired) electrons. The molecule has 0 atom stereocenters. The van der Waals surface area contributed by atoms with Crippen molar-refractivity contribution in [1.82, 2.24) is 4.57 Å². The zero-order valence-electron chi connectivity index (χ0n) is 13.9. The lowest BCUT2D eigenvalue weighted by atomic mass is 10.1. The number of nitrogens with zero attached hydrogens (tertiary/aromatic N) is 2. The molecule has 0 N–H and O–H groups in total. The van der Waals surface area contributed by atoms with Crippen LogP contribution in [0.1, 0.15) is 26.3 Å². The lowest BCUT2D eigenvalue weighted by Crippen LogP contribution is -2.50. The minimum Gasteiger partial charge on any atom is -0.733 e. The highest BCUT2D eigenvalue weighted by molar-refractivity contribution is 7.58. The highest BCUT2D eigenvalue weighted by Gasteiger charge is 2.25. The van der Waals surface area contributed by atoms with Crippen molar-refractivity contribution in [3.05, 3.63) is 72.6 Å². The summed E-state index contributed by atoms with van der Waals surface area (Å²) >= 11 is 5.80. The fourth-order valence-corrected chi connectivity index (χ4v) is 3.31. The molecule has 0 fully saturated rings. The molecular formula is C20H22N2S. The van der Waals surface area contributed by atoms with Crippen LogP contribution in [0.5, 0.6) is 0 Å². The molecule has 0 amide bonds. The van der Waals surface area contributed by atoms with E-state index in [-0.39, 0.29) is 5.54 Å². The highest BCUT2D eigenvalue weighted by atomic mass is 32.1. The molecule has 0 saturated carbocycles. The van der Waals surface area contributed by atoms with E-state index >= 15 is 0 Å². The first-order valence-electron chi connectivity index (χ1n) is 7.88. The van der Waals surface area contributed by atoms with Crippen LogP contribution in [0.15, 0.2) is 72.0 Å². The van der Waals surface area contributed by atoms with Gasteiger partial charge < -0.3 is 12.6 Å². The maximum atomic E-state index is 5.80. The van der Waals surface area contributed by atoms with Crippen LogP contribution in [0.25, 0.3) is 11.3 Å². The van der Waals surface area contributed by atoms with Crippen LogP contribution in [0.2, 0.25) is 0 Å². The summed E-state index contributed by atoms with van der Waals surface area (Å²) in [7, 11) is 0. The topological polar surface area (TPSA) is 8.81 Å². The highest BCUT2D eigenvalue weighted by Crippen LogP contribution is 2.25. The molecule has 0 aliphatic carbocycles. The van der Waals surface area contributed by atoms with E-state index in [4.69, 9.17) is 12.6 Å². The maximum absolute atomic E-state index is 5.80. The first-order chi connectivity index (χ1) is 11.0. The zero-order chi connectivity index (χ0) is 16.4. The molecule has 23 heavy (non-hydrogen) atoms. The molecule has 0 spiro atoms. The minimum absolute atomic E-state index is 0.0391. The van der Waals surface area contributed by atoms with Gasteiger partial charge in [0.1, 0.15) is 12.1 Å². The van der Waals surface area contributed by atoms with Crippen molar-refractivity contribution < 1.29 is 4.57 Å². The Labute approximate surface area is 143 Å². The van der Waals surface area contributed by atoms with E-state index in [1.807, 2.05) is 12.1 Å². The van der Waals surface area contributed by atoms with Crippen molar-refractivity contribution in [2.75, 3.05) is 0 Å². The third-order valence-electron chi connectivity index (χ3n) is 3.93. The first-order valence-corrected chi connectivity index (χ1v) is 8.29. The normalized spacial score (nSPS) is 11.6. The van der Waals surface area contributed by atoms with Gasteiger partial charge in [0.25, 0.3) is 0 Å². The summed E-state index contributed by atoms with van der Waals surface area (Å²) in [6.07, 6.45) is 2.15. The molecule has 0 saturated heterocycles. The monoisotopic (exact) mass is 322 g/mol. The molecule has 2 nitrogen and oxygen atoms in total. The quantitative estimate of drug-likeness (QED) is 0.520. The predicted molar refractivity (Wildman–Crippen MR) is 96.2 cm³/mol. The molecule has 0 bridgehead atoms. The van der Waals surface area contributed by atoms with Crippen LogP contribution in [-0.4, -0.2) is 4.57 Å². The van der Waals surface area contributed by atoms with E-state index in [9.17, 15) is 0 Å². The Hall–Kier alpha value is -2.13. The van der Waals surface area contributed by atoms with E-state index in [2.05, 4.69) is 84.8 Å². The number of hydrogen-bond donors (Lipinski definition) is 0. The molecule has 0 aliphatic rings. The van der Waals surface area contributed by atoms with Gasteiger partial charge in [0.05, 0.1) is 0 Å². The maximum Gasteiger partial charge on any atom is 0.243 e. The van der Waals surface area contributed by atoms with Crippen molar-refractivity contribution in [2.45, 2.75) is 37.9 Å². The van der Waals surface area contributed by atoms with Gasteiger partial charge >= 0.3 is 0 Å². The second kappa shape index (κ2) is 6.17. The van der Waals surface area contributed by atoms with Crippen LogP contribution in [-0.2, 0) is 24.7 Å². The smallest absolute Gasteiger partial charge is 0.243 e. The lowest BCUT2D eigenvalue weighted by molar-refractivity contribution is -0.784. The Morgan fingerprint density at radius 1 is 0.913 bits per heavy atom. The first kappa shape index (κ1) is 15.8. The lowest BCUT2D eigenvalue weighted by Gasteiger charge is -2.20. The molecule has 0 aliphatic heterocycles. The van der Waals surface area contributed by atoms with Gasteiger partial charge in [-0.15, -0.1) is 0 Å². The van der Waals surface area contributed by atoms with Crippen LogP contribution >= 0.6 is 0 Å². The van der Waals surface area contributed by atoms with E-state index in [1.54, 1.807) is 0 Å². The molecule has 3 aromatic rings. The second-order valence-electron chi connectivity index (χ2n) is 6.79. The molecule has 0 unspecified atom stereocenters. The molecule has 2 aromatic carbocycles. The van der Waals surface area contributed by atoms with Crippen LogP contribution < -0.4 is 4.57 Å². The number of rotatable bonds is 3. The van der Waals surface area contributed by atoms with Crippen LogP contribution in [0.3, 0.4) is 0 Å². The van der Waals surface area contributed by atoms with Gasteiger partial charge in [0.15, 0.2) is 5.69 Å². The Kier molecular flexibility index (Phi) is 4.22. The van der Waals surface area contributed by atoms with E-state index in [0.29, 0.717) is 0 Å². The SMILES string of the molecule is CC(C)(C)[n+]1cn(Cc2ccccc2)c(-c2ccccc2)c1[S-]. The van der Waals surface area contributed by atoms with Crippen molar-refractivity contribution in [3.63, 3.8) is 0 Å². The van der Waals surface area contributed by atoms with Gasteiger partial charge in [0.2, 0.25) is 6.33 Å². The largest absolute Gasteiger partial charge is 0.733 e. The minimum atomic E-state index is -0.0391. The predicted octanol–water partition coefficient (Wildman–Crippen LogP) is 4.15. The van der Waals surface area contributed by atoms with E-state index in [1.165, 1.54) is 5.56 Å². The number of hydrogen-bond acceptors (Lipinski definition) is 1. The molecule has 1 heterocycles. The Morgan fingerprint density at radius 3 is 2.04 bits per heavy atom. The van der Waals surface area contributed by atoms with Crippen molar-refractivity contribution >= 4 is 12.6 Å². The van der Waals surface area contributed by atoms with Crippen molar-refractivity contribution in [1.29, 1.82) is 0 Å². The number of imidazole rings is 1. The molecule has 1 aromatic heterocycles. The summed E-state index contributed by atoms with van der Waals surface area (Å²) in [4.78, 5) is 0. The second-order valence-corrected chi connectivity index (χ2v) is 7.18. The summed E-state index contributed by atoms with van der Waals surface area (Å²) in [5.74, 6) is 0. The summed E-state index contributed by atoms with van der Waals surface area (Å²) in [6, 6.07) is 20.9. The van der Waals surface area contributed by atoms with Gasteiger partial charge in [-0.1, -0.05) is 60.7 Å². The van der Waals surface area contributed by atoms with Gasteiger partial charge in [-0.05, 0) is 26.3 Å². The van der Waals surface area contributed by atoms with Gasteiger partial charge in [0, 0.05) is 10.6 Å². The molecule has 3 rings (SSSR count). The average molecular weight is 322 g/mol. The Bertz CT molecular complexity index is 784. The average Bonchev–Trinajstić information content (AvgIpc) is 2.86. The Morgan fingerprint density at radius 2 is 1.48 bits per heavy atom. The van der Waals surface area contributed by atoms with Crippen LogP contribution in [0.4, 0.5) is 0 Å². The molecule has 118 valence electrons. The third-order valence-corrected chi connectivity index (χ3v) is 4.32. The van der Waals surface area contributed by atoms with E-state index < -0.39 is 0 Å². The van der Waals surface area contributed by atoms with E-state index in [0.717, 1.165) is 22.8 Å². The van der Waals surface area contributed by atoms with Crippen molar-refractivity contribution in [2.24, 2.45) is 0 Å². The van der Waals surface area contributed by atoms with Gasteiger partial charge in [-0.25, -0.2) is 9.13 Å². The Balaban J connectivity index is 2.14. The number of aromatic nitrogens is 2. The summed E-state index contributed by atoms with van der Waals surface area (Å²) in [5, 5.41) is 0.889. The standard InChI is InChI=1S/C20H22N2S/c1-20(2,3)22-15-21(14-16-10-6-4-7-11-16)18(19(22)23)17-12-8-5-9-13-17/h4-13,15H,14H2,1-3H3. The van der Waals surface area contributed by atoms with Crippen LogP contribution in [0, 0.1) is 0 Å². The van der Waals surface area contributed by atoms with Gasteiger partial charge in [-0.2, -0.15) is 0 Å². The van der Waals surface area contributed by atoms with Gasteiger partial charge in [-0.3, -0.25) is 0 Å². The molecular weight excluding hydrogens is 300 g/mol. The molecule has 3 heteroatoms. The fraction of sp³-hybridized carbons (Fsp3) is 0.250. The number of benzene rings is 2. The third kappa shape index (κ3) is 3.30. The fourth-order valence-electron chi connectivity index (χ4n) is 2.75. The van der Waals surface area contributed by atoms with Crippen molar-refractivity contribution in [3.8, 4) is 11.3 Å².